The first-order valence-corrected chi connectivity index (χ1v) is 7.53. The van der Waals surface area contributed by atoms with E-state index < -0.39 is 0 Å². The van der Waals surface area contributed by atoms with Crippen molar-refractivity contribution in [3.8, 4) is 0 Å². The van der Waals surface area contributed by atoms with Gasteiger partial charge < -0.3 is 10.2 Å². The first kappa shape index (κ1) is 15.0. The molecule has 2 rings (SSSR count). The van der Waals surface area contributed by atoms with E-state index in [4.69, 9.17) is 0 Å². The number of rotatable bonds is 6. The van der Waals surface area contributed by atoms with E-state index in [0.29, 0.717) is 6.54 Å². The van der Waals surface area contributed by atoms with Crippen molar-refractivity contribution in [3.05, 3.63) is 35.9 Å². The molecule has 0 spiro atoms. The van der Waals surface area contributed by atoms with Gasteiger partial charge in [0, 0.05) is 32.7 Å². The molecule has 0 aromatic heterocycles. The fourth-order valence-corrected chi connectivity index (χ4v) is 2.51. The molecule has 1 aromatic rings. The second-order valence-electron chi connectivity index (χ2n) is 5.30. The maximum atomic E-state index is 11.9. The number of likely N-dealkylation sites (N-methyl/N-ethyl adjacent to an activating group) is 1. The van der Waals surface area contributed by atoms with Crippen molar-refractivity contribution in [1.29, 1.82) is 0 Å². The summed E-state index contributed by atoms with van der Waals surface area (Å²) in [6.07, 6.45) is 0.899. The fraction of sp³-hybridized carbons (Fsp3) is 0.562. The number of benzene rings is 1. The number of piperazine rings is 1. The van der Waals surface area contributed by atoms with Gasteiger partial charge >= 0.3 is 0 Å². The molecule has 110 valence electrons. The van der Waals surface area contributed by atoms with Crippen molar-refractivity contribution >= 4 is 5.91 Å². The topological polar surface area (TPSA) is 35.6 Å². The number of carbonyl (C=O) groups excluding carboxylic acids is 1. The average Bonchev–Trinajstić information content (AvgIpc) is 2.49. The van der Waals surface area contributed by atoms with Crippen LogP contribution < -0.4 is 5.32 Å². The molecule has 1 aliphatic rings. The predicted octanol–water partition coefficient (Wildman–Crippen LogP) is 0.983. The second-order valence-corrected chi connectivity index (χ2v) is 5.30. The summed E-state index contributed by atoms with van der Waals surface area (Å²) in [6, 6.07) is 10.3. The minimum absolute atomic E-state index is 0.144. The molecule has 1 fully saturated rings. The molecular formula is C16H25N3O. The Labute approximate surface area is 121 Å². The van der Waals surface area contributed by atoms with Gasteiger partial charge in [-0.15, -0.1) is 0 Å². The maximum absolute atomic E-state index is 11.9. The van der Waals surface area contributed by atoms with Crippen molar-refractivity contribution in [2.45, 2.75) is 13.3 Å². The Bertz CT molecular complexity index is 399. The number of hydrogen-bond donors (Lipinski definition) is 1. The van der Waals surface area contributed by atoms with E-state index in [2.05, 4.69) is 34.2 Å². The molecule has 0 unspecified atom stereocenters. The summed E-state index contributed by atoms with van der Waals surface area (Å²) in [7, 11) is 0. The van der Waals surface area contributed by atoms with Gasteiger partial charge in [-0.25, -0.2) is 0 Å². The van der Waals surface area contributed by atoms with Crippen LogP contribution in [0.2, 0.25) is 0 Å². The monoisotopic (exact) mass is 275 g/mol. The van der Waals surface area contributed by atoms with Crippen molar-refractivity contribution < 1.29 is 4.79 Å². The summed E-state index contributed by atoms with van der Waals surface area (Å²) in [6.45, 7) is 8.70. The minimum Gasteiger partial charge on any atom is -0.355 e. The Balaban J connectivity index is 1.61. The lowest BCUT2D eigenvalue weighted by Gasteiger charge is -2.33. The van der Waals surface area contributed by atoms with E-state index in [1.807, 2.05) is 18.2 Å². The molecule has 4 heteroatoms. The Morgan fingerprint density at radius 2 is 1.75 bits per heavy atom. The summed E-state index contributed by atoms with van der Waals surface area (Å²) in [5.41, 5.74) is 1.27. The Morgan fingerprint density at radius 3 is 2.40 bits per heavy atom. The molecule has 1 saturated heterocycles. The Hall–Kier alpha value is -1.39. The standard InChI is InChI=1S/C16H25N3O/c1-2-18-10-12-19(13-11-18)14-16(20)17-9-8-15-6-4-3-5-7-15/h3-7H,2,8-14H2,1H3,(H,17,20). The van der Waals surface area contributed by atoms with E-state index in [1.165, 1.54) is 5.56 Å². The van der Waals surface area contributed by atoms with Crippen LogP contribution in [0.5, 0.6) is 0 Å². The van der Waals surface area contributed by atoms with Crippen LogP contribution in [0.4, 0.5) is 0 Å². The quantitative estimate of drug-likeness (QED) is 0.841. The smallest absolute Gasteiger partial charge is 0.234 e. The van der Waals surface area contributed by atoms with Gasteiger partial charge in [-0.05, 0) is 18.5 Å². The molecule has 0 bridgehead atoms. The van der Waals surface area contributed by atoms with Gasteiger partial charge in [-0.2, -0.15) is 0 Å². The molecular weight excluding hydrogens is 250 g/mol. The number of carbonyl (C=O) groups is 1. The van der Waals surface area contributed by atoms with Gasteiger partial charge in [0.25, 0.3) is 0 Å². The molecule has 1 heterocycles. The first-order chi connectivity index (χ1) is 9.78. The predicted molar refractivity (Wildman–Crippen MR) is 81.7 cm³/mol. The van der Waals surface area contributed by atoms with E-state index in [0.717, 1.165) is 45.7 Å². The lowest BCUT2D eigenvalue weighted by atomic mass is 10.1. The summed E-state index contributed by atoms with van der Waals surface area (Å²) in [5, 5.41) is 3.01. The summed E-state index contributed by atoms with van der Waals surface area (Å²) < 4.78 is 0. The van der Waals surface area contributed by atoms with E-state index in [1.54, 1.807) is 0 Å². The van der Waals surface area contributed by atoms with Gasteiger partial charge in [0.2, 0.25) is 5.91 Å². The molecule has 1 aromatic carbocycles. The zero-order chi connectivity index (χ0) is 14.2. The number of amides is 1. The van der Waals surface area contributed by atoms with Crippen LogP contribution in [0, 0.1) is 0 Å². The van der Waals surface area contributed by atoms with Crippen LogP contribution in [-0.4, -0.2) is 61.5 Å². The summed E-state index contributed by atoms with van der Waals surface area (Å²) >= 11 is 0. The zero-order valence-corrected chi connectivity index (χ0v) is 12.3. The lowest BCUT2D eigenvalue weighted by molar-refractivity contribution is -0.122. The van der Waals surface area contributed by atoms with Crippen LogP contribution in [0.15, 0.2) is 30.3 Å². The number of nitrogens with one attached hydrogen (secondary N) is 1. The fourth-order valence-electron chi connectivity index (χ4n) is 2.51. The van der Waals surface area contributed by atoms with Gasteiger partial charge in [0.05, 0.1) is 6.54 Å². The maximum Gasteiger partial charge on any atom is 0.234 e. The van der Waals surface area contributed by atoms with Gasteiger partial charge in [0.1, 0.15) is 0 Å². The zero-order valence-electron chi connectivity index (χ0n) is 12.3. The van der Waals surface area contributed by atoms with Crippen LogP contribution in [0.1, 0.15) is 12.5 Å². The first-order valence-electron chi connectivity index (χ1n) is 7.53. The largest absolute Gasteiger partial charge is 0.355 e. The van der Waals surface area contributed by atoms with Crippen molar-refractivity contribution in [2.24, 2.45) is 0 Å². The molecule has 4 nitrogen and oxygen atoms in total. The van der Waals surface area contributed by atoms with Crippen molar-refractivity contribution in [3.63, 3.8) is 0 Å². The number of nitrogens with zero attached hydrogens (tertiary/aromatic N) is 2. The minimum atomic E-state index is 0.144. The van der Waals surface area contributed by atoms with E-state index >= 15 is 0 Å². The highest BCUT2D eigenvalue weighted by molar-refractivity contribution is 5.78. The highest BCUT2D eigenvalue weighted by atomic mass is 16.2. The van der Waals surface area contributed by atoms with Gasteiger partial charge in [-0.1, -0.05) is 37.3 Å². The van der Waals surface area contributed by atoms with Crippen LogP contribution >= 0.6 is 0 Å². The SMILES string of the molecule is CCN1CCN(CC(=O)NCCc2ccccc2)CC1. The normalized spacial score (nSPS) is 17.1. The van der Waals surface area contributed by atoms with Gasteiger partial charge in [-0.3, -0.25) is 9.69 Å². The molecule has 1 aliphatic heterocycles. The Kier molecular flexibility index (Phi) is 6.02. The molecule has 0 atom stereocenters. The molecule has 0 saturated carbocycles. The summed E-state index contributed by atoms with van der Waals surface area (Å²) in [4.78, 5) is 16.5. The third kappa shape index (κ3) is 4.94. The molecule has 1 N–H and O–H groups in total. The Morgan fingerprint density at radius 1 is 1.10 bits per heavy atom. The molecule has 1 amide bonds. The van der Waals surface area contributed by atoms with Crippen LogP contribution in [-0.2, 0) is 11.2 Å². The van der Waals surface area contributed by atoms with Gasteiger partial charge in [0.15, 0.2) is 0 Å². The molecule has 20 heavy (non-hydrogen) atoms. The third-order valence-corrected chi connectivity index (χ3v) is 3.86. The molecule has 0 aliphatic carbocycles. The van der Waals surface area contributed by atoms with Crippen LogP contribution in [0.3, 0.4) is 0 Å². The van der Waals surface area contributed by atoms with Crippen molar-refractivity contribution in [2.75, 3.05) is 45.8 Å². The van der Waals surface area contributed by atoms with E-state index in [-0.39, 0.29) is 5.91 Å². The van der Waals surface area contributed by atoms with E-state index in [9.17, 15) is 4.79 Å². The molecule has 0 radical (unpaired) electrons. The average molecular weight is 275 g/mol. The highest BCUT2D eigenvalue weighted by Gasteiger charge is 2.17. The summed E-state index contributed by atoms with van der Waals surface area (Å²) in [5.74, 6) is 0.144. The lowest BCUT2D eigenvalue weighted by Crippen LogP contribution is -2.49. The number of hydrogen-bond acceptors (Lipinski definition) is 3. The second kappa shape index (κ2) is 8.02. The van der Waals surface area contributed by atoms with Crippen LogP contribution in [0.25, 0.3) is 0 Å². The van der Waals surface area contributed by atoms with Crippen molar-refractivity contribution in [1.82, 2.24) is 15.1 Å². The highest BCUT2D eigenvalue weighted by Crippen LogP contribution is 2.01. The third-order valence-electron chi connectivity index (χ3n) is 3.86.